The molecular weight excluding hydrogens is 463 g/mol. The second-order valence-electron chi connectivity index (χ2n) is 9.21. The first-order chi connectivity index (χ1) is 16.0. The Balaban J connectivity index is 1.74. The minimum atomic E-state index is -4.44. The maximum absolute atomic E-state index is 13.5. The first-order valence-corrected chi connectivity index (χ1v) is 12.0. The van der Waals surface area contributed by atoms with Crippen molar-refractivity contribution in [1.82, 2.24) is 14.6 Å². The van der Waals surface area contributed by atoms with E-state index in [0.29, 0.717) is 49.1 Å². The van der Waals surface area contributed by atoms with E-state index in [0.717, 1.165) is 11.9 Å². The number of hydrogen-bond acceptors (Lipinski definition) is 6. The highest BCUT2D eigenvalue weighted by Crippen LogP contribution is 2.36. The molecule has 0 unspecified atom stereocenters. The predicted octanol–water partition coefficient (Wildman–Crippen LogP) is 4.99. The van der Waals surface area contributed by atoms with Gasteiger partial charge in [0.2, 0.25) is 9.76 Å². The maximum Gasteiger partial charge on any atom is 0.416 e. The summed E-state index contributed by atoms with van der Waals surface area (Å²) < 4.78 is 53.4. The number of hydrogen-bond donors (Lipinski definition) is 1. The van der Waals surface area contributed by atoms with E-state index in [1.54, 1.807) is 10.6 Å². The van der Waals surface area contributed by atoms with Gasteiger partial charge in [-0.05, 0) is 41.8 Å². The number of imidazole rings is 1. The molecule has 1 N–H and O–H groups in total. The molecule has 1 fully saturated rings. The van der Waals surface area contributed by atoms with Gasteiger partial charge in [-0.3, -0.25) is 0 Å². The second-order valence-corrected chi connectivity index (χ2v) is 11.2. The smallest absolute Gasteiger partial charge is 0.411 e. The van der Waals surface area contributed by atoms with Crippen LogP contribution in [0.3, 0.4) is 0 Å². The molecule has 3 aromatic rings. The molecule has 1 aromatic carbocycles. The number of anilines is 3. The number of alkyl halides is 3. The Labute approximate surface area is 199 Å². The molecule has 34 heavy (non-hydrogen) atoms. The molecule has 4 rings (SSSR count). The average molecular weight is 492 g/mol. The van der Waals surface area contributed by atoms with Crippen LogP contribution in [0.4, 0.5) is 30.5 Å². The van der Waals surface area contributed by atoms with Crippen LogP contribution in [0.2, 0.25) is 5.04 Å². The number of morpholine rings is 1. The molecule has 1 aliphatic rings. The van der Waals surface area contributed by atoms with Crippen molar-refractivity contribution in [2.45, 2.75) is 45.5 Å². The first kappa shape index (κ1) is 24.5. The molecule has 3 heterocycles. The van der Waals surface area contributed by atoms with Crippen LogP contribution < -0.4 is 10.2 Å². The van der Waals surface area contributed by atoms with Crippen molar-refractivity contribution in [1.29, 1.82) is 0 Å². The Morgan fingerprint density at radius 1 is 1.12 bits per heavy atom. The second kappa shape index (κ2) is 9.55. The molecule has 7 nitrogen and oxygen atoms in total. The molecule has 182 valence electrons. The highest BCUT2D eigenvalue weighted by Gasteiger charge is 2.33. The zero-order valence-electron chi connectivity index (χ0n) is 19.7. The summed E-state index contributed by atoms with van der Waals surface area (Å²) in [4.78, 5) is 6.78. The molecular formula is C23H28F3N5O2Si. The molecule has 0 spiro atoms. The molecule has 0 atom stereocenters. The van der Waals surface area contributed by atoms with Crippen molar-refractivity contribution < 1.29 is 22.3 Å². The summed E-state index contributed by atoms with van der Waals surface area (Å²) in [7, 11) is 0.239. The summed E-state index contributed by atoms with van der Waals surface area (Å²) in [6.07, 6.45) is -4.44. The zero-order valence-corrected chi connectivity index (χ0v) is 20.7. The van der Waals surface area contributed by atoms with E-state index in [4.69, 9.17) is 14.3 Å². The summed E-state index contributed by atoms with van der Waals surface area (Å²) in [6.45, 7) is 10.6. The van der Waals surface area contributed by atoms with Crippen LogP contribution in [-0.2, 0) is 21.9 Å². The molecule has 0 amide bonds. The molecule has 0 saturated carbocycles. The lowest BCUT2D eigenvalue weighted by molar-refractivity contribution is -0.138. The third-order valence-electron chi connectivity index (χ3n) is 5.35. The highest BCUT2D eigenvalue weighted by molar-refractivity contribution is 6.31. The normalized spacial score (nSPS) is 15.2. The van der Waals surface area contributed by atoms with Gasteiger partial charge >= 0.3 is 6.18 Å². The first-order valence-electron chi connectivity index (χ1n) is 11.1. The van der Waals surface area contributed by atoms with Crippen molar-refractivity contribution in [2.24, 2.45) is 0 Å². The molecule has 11 heteroatoms. The van der Waals surface area contributed by atoms with Crippen LogP contribution >= 0.6 is 0 Å². The number of nitrogens with one attached hydrogen (secondary N) is 1. The van der Waals surface area contributed by atoms with E-state index < -0.39 is 11.7 Å². The van der Waals surface area contributed by atoms with Crippen molar-refractivity contribution in [3.8, 4) is 0 Å². The lowest BCUT2D eigenvalue weighted by Gasteiger charge is -2.27. The number of rotatable bonds is 6. The Morgan fingerprint density at radius 2 is 1.85 bits per heavy atom. The van der Waals surface area contributed by atoms with Crippen LogP contribution in [0.25, 0.3) is 5.65 Å². The van der Waals surface area contributed by atoms with Crippen molar-refractivity contribution in [3.63, 3.8) is 0 Å². The van der Waals surface area contributed by atoms with Crippen molar-refractivity contribution in [2.75, 3.05) is 36.5 Å². The predicted molar refractivity (Wildman–Crippen MR) is 126 cm³/mol. The summed E-state index contributed by atoms with van der Waals surface area (Å²) in [5, 5.41) is 7.92. The lowest BCUT2D eigenvalue weighted by Crippen LogP contribution is -2.37. The molecule has 0 bridgehead atoms. The number of fused-ring (bicyclic) bond motifs is 1. The zero-order chi connectivity index (χ0) is 24.5. The number of nitrogens with zero attached hydrogens (tertiary/aromatic N) is 4. The summed E-state index contributed by atoms with van der Waals surface area (Å²) in [5.74, 6) is 1.24. The van der Waals surface area contributed by atoms with Crippen LogP contribution in [0.5, 0.6) is 0 Å². The summed E-state index contributed by atoms with van der Waals surface area (Å²) >= 11 is 0. The van der Waals surface area contributed by atoms with Gasteiger partial charge in [-0.1, -0.05) is 26.8 Å². The number of aromatic nitrogens is 3. The molecule has 1 aliphatic heterocycles. The van der Waals surface area contributed by atoms with Crippen LogP contribution in [-0.4, -0.2) is 50.7 Å². The topological polar surface area (TPSA) is 63.9 Å². The minimum absolute atomic E-state index is 0.00781. The van der Waals surface area contributed by atoms with Gasteiger partial charge < -0.3 is 19.4 Å². The Morgan fingerprint density at radius 3 is 2.53 bits per heavy atom. The monoisotopic (exact) mass is 491 g/mol. The molecule has 0 aliphatic carbocycles. The fourth-order valence-corrected chi connectivity index (χ4v) is 4.32. The summed E-state index contributed by atoms with van der Waals surface area (Å²) in [5.41, 5.74) is 0.940. The SMILES string of the molecule is Cc1c(Nc2c(CO[Si]C(C)(C)C)nc3ccc(N4CCOCC4)nn23)cccc1C(F)(F)F. The largest absolute Gasteiger partial charge is 0.416 e. The van der Waals surface area contributed by atoms with Gasteiger partial charge in [0.1, 0.15) is 11.5 Å². The van der Waals surface area contributed by atoms with E-state index >= 15 is 0 Å². The lowest BCUT2D eigenvalue weighted by atomic mass is 10.1. The third kappa shape index (κ3) is 5.53. The van der Waals surface area contributed by atoms with Gasteiger partial charge in [-0.25, -0.2) is 4.98 Å². The Kier molecular flexibility index (Phi) is 6.88. The molecule has 2 aromatic heterocycles. The van der Waals surface area contributed by atoms with Crippen LogP contribution in [0, 0.1) is 6.92 Å². The van der Waals surface area contributed by atoms with Crippen LogP contribution in [0.15, 0.2) is 30.3 Å². The third-order valence-corrected chi connectivity index (χ3v) is 6.25. The van der Waals surface area contributed by atoms with E-state index in [2.05, 4.69) is 36.0 Å². The molecule has 1 saturated heterocycles. The van der Waals surface area contributed by atoms with E-state index in [1.165, 1.54) is 13.0 Å². The standard InChI is InChI=1S/C23H28F3N5O2Si/c1-15-16(23(24,25)26)6-5-7-17(15)28-21-18(14-33-34-22(2,3)4)27-19-8-9-20(29-31(19)21)30-10-12-32-13-11-30/h5-9,28H,10-14H2,1-4H3. The fourth-order valence-electron chi connectivity index (χ4n) is 3.68. The number of halogens is 3. The average Bonchev–Trinajstić information content (AvgIpc) is 3.10. The van der Waals surface area contributed by atoms with Crippen molar-refractivity contribution >= 4 is 32.7 Å². The molecule has 2 radical (unpaired) electrons. The fraction of sp³-hybridized carbons (Fsp3) is 0.478. The maximum atomic E-state index is 13.5. The van der Waals surface area contributed by atoms with Gasteiger partial charge in [0.15, 0.2) is 11.5 Å². The number of ether oxygens (including phenoxy) is 1. The van der Waals surface area contributed by atoms with Crippen molar-refractivity contribution in [3.05, 3.63) is 47.2 Å². The quantitative estimate of drug-likeness (QED) is 0.490. The van der Waals surface area contributed by atoms with Gasteiger partial charge in [0.05, 0.1) is 25.4 Å². The summed E-state index contributed by atoms with van der Waals surface area (Å²) in [6, 6.07) is 7.85. The highest BCUT2D eigenvalue weighted by atomic mass is 28.2. The van der Waals surface area contributed by atoms with Gasteiger partial charge in [-0.15, -0.1) is 5.10 Å². The number of benzene rings is 1. The Hall–Kier alpha value is -2.63. The van der Waals surface area contributed by atoms with Crippen LogP contribution in [0.1, 0.15) is 37.6 Å². The van der Waals surface area contributed by atoms with Gasteiger partial charge in [-0.2, -0.15) is 17.7 Å². The van der Waals surface area contributed by atoms with E-state index in [1.807, 2.05) is 12.1 Å². The van der Waals surface area contributed by atoms with E-state index in [-0.39, 0.29) is 27.0 Å². The Bertz CT molecular complexity index is 1150. The minimum Gasteiger partial charge on any atom is -0.411 e. The van der Waals surface area contributed by atoms with Gasteiger partial charge in [0, 0.05) is 18.8 Å². The van der Waals surface area contributed by atoms with Gasteiger partial charge in [0.25, 0.3) is 0 Å². The van der Waals surface area contributed by atoms with E-state index in [9.17, 15) is 13.2 Å².